The number of aromatic nitrogens is 4. The molecule has 0 aliphatic rings. The van der Waals surface area contributed by atoms with Crippen LogP contribution in [0.3, 0.4) is 0 Å². The van der Waals surface area contributed by atoms with E-state index < -0.39 is 0 Å². The van der Waals surface area contributed by atoms with Crippen molar-refractivity contribution in [3.63, 3.8) is 0 Å². The van der Waals surface area contributed by atoms with Crippen LogP contribution in [0.2, 0.25) is 5.02 Å². The van der Waals surface area contributed by atoms with Gasteiger partial charge in [-0.05, 0) is 6.92 Å². The smallest absolute Gasteiger partial charge is 0.148 e. The number of aryl methyl sites for hydroxylation is 2. The summed E-state index contributed by atoms with van der Waals surface area (Å²) in [6.45, 7) is 2.47. The van der Waals surface area contributed by atoms with Crippen LogP contribution in [0.5, 0.6) is 0 Å². The molecule has 84 valence electrons. The minimum absolute atomic E-state index is 0.523. The maximum Gasteiger partial charge on any atom is 0.148 e. The van der Waals surface area contributed by atoms with Crippen molar-refractivity contribution in [1.82, 2.24) is 19.7 Å². The van der Waals surface area contributed by atoms with Gasteiger partial charge in [0, 0.05) is 25.4 Å². The van der Waals surface area contributed by atoms with Crippen molar-refractivity contribution in [2.24, 2.45) is 7.05 Å². The van der Waals surface area contributed by atoms with Gasteiger partial charge in [-0.1, -0.05) is 11.6 Å². The van der Waals surface area contributed by atoms with Crippen molar-refractivity contribution in [2.45, 2.75) is 13.5 Å². The lowest BCUT2D eigenvalue weighted by Crippen LogP contribution is -2.03. The summed E-state index contributed by atoms with van der Waals surface area (Å²) in [4.78, 5) is 8.21. The third-order valence-electron chi connectivity index (χ3n) is 2.08. The van der Waals surface area contributed by atoms with Gasteiger partial charge in [-0.2, -0.15) is 5.10 Å². The molecule has 0 saturated carbocycles. The van der Waals surface area contributed by atoms with E-state index in [-0.39, 0.29) is 0 Å². The zero-order valence-electron chi connectivity index (χ0n) is 9.11. The summed E-state index contributed by atoms with van der Waals surface area (Å²) in [6.07, 6.45) is 5.33. The minimum Gasteiger partial charge on any atom is -0.365 e. The van der Waals surface area contributed by atoms with E-state index in [9.17, 15) is 0 Å². The molecule has 0 saturated heterocycles. The van der Waals surface area contributed by atoms with E-state index in [0.29, 0.717) is 23.2 Å². The number of rotatable bonds is 3. The Kier molecular flexibility index (Phi) is 3.05. The molecule has 0 amide bonds. The molecule has 0 bridgehead atoms. The lowest BCUT2D eigenvalue weighted by Gasteiger charge is -2.05. The number of hydrogen-bond acceptors (Lipinski definition) is 4. The number of halogens is 1. The van der Waals surface area contributed by atoms with Gasteiger partial charge in [0.2, 0.25) is 0 Å². The fraction of sp³-hybridized carbons (Fsp3) is 0.300. The van der Waals surface area contributed by atoms with Gasteiger partial charge >= 0.3 is 0 Å². The summed E-state index contributed by atoms with van der Waals surface area (Å²) in [5, 5.41) is 7.75. The van der Waals surface area contributed by atoms with Gasteiger partial charge in [-0.3, -0.25) is 4.68 Å². The normalized spacial score (nSPS) is 10.4. The van der Waals surface area contributed by atoms with Crippen molar-refractivity contribution >= 4 is 17.4 Å². The molecule has 0 unspecified atom stereocenters. The maximum absolute atomic E-state index is 5.96. The van der Waals surface area contributed by atoms with Crippen LogP contribution in [0.25, 0.3) is 0 Å². The third-order valence-corrected chi connectivity index (χ3v) is 2.36. The Morgan fingerprint density at radius 3 is 2.94 bits per heavy atom. The average Bonchev–Trinajstić information content (AvgIpc) is 2.66. The van der Waals surface area contributed by atoms with E-state index >= 15 is 0 Å². The molecule has 6 heteroatoms. The van der Waals surface area contributed by atoms with Crippen molar-refractivity contribution in [3.05, 3.63) is 35.0 Å². The second-order valence-electron chi connectivity index (χ2n) is 3.49. The fourth-order valence-corrected chi connectivity index (χ4v) is 1.49. The van der Waals surface area contributed by atoms with Crippen LogP contribution in [-0.4, -0.2) is 19.7 Å². The quantitative estimate of drug-likeness (QED) is 0.884. The van der Waals surface area contributed by atoms with Crippen LogP contribution in [-0.2, 0) is 13.6 Å². The predicted molar refractivity (Wildman–Crippen MR) is 62.3 cm³/mol. The van der Waals surface area contributed by atoms with Crippen LogP contribution in [0, 0.1) is 6.92 Å². The second-order valence-corrected chi connectivity index (χ2v) is 3.90. The van der Waals surface area contributed by atoms with E-state index in [1.54, 1.807) is 17.1 Å². The maximum atomic E-state index is 5.96. The summed E-state index contributed by atoms with van der Waals surface area (Å²) in [5.41, 5.74) is 1.08. The third kappa shape index (κ3) is 2.49. The van der Waals surface area contributed by atoms with Gasteiger partial charge in [-0.25, -0.2) is 9.97 Å². The first-order chi connectivity index (χ1) is 7.65. The first kappa shape index (κ1) is 10.9. The summed E-state index contributed by atoms with van der Waals surface area (Å²) in [6, 6.07) is 0. The van der Waals surface area contributed by atoms with Gasteiger partial charge in [0.15, 0.2) is 0 Å². The van der Waals surface area contributed by atoms with Gasteiger partial charge in [0.05, 0.1) is 12.4 Å². The topological polar surface area (TPSA) is 55.6 Å². The summed E-state index contributed by atoms with van der Waals surface area (Å²) >= 11 is 5.96. The molecule has 0 fully saturated rings. The Morgan fingerprint density at radius 1 is 1.44 bits per heavy atom. The molecule has 2 rings (SSSR count). The van der Waals surface area contributed by atoms with Crippen molar-refractivity contribution in [2.75, 3.05) is 5.32 Å². The average molecular weight is 238 g/mol. The lowest BCUT2D eigenvalue weighted by atomic mass is 10.3. The van der Waals surface area contributed by atoms with Gasteiger partial charge in [-0.15, -0.1) is 0 Å². The van der Waals surface area contributed by atoms with Crippen LogP contribution >= 0.6 is 11.6 Å². The fourth-order valence-electron chi connectivity index (χ4n) is 1.33. The first-order valence-electron chi connectivity index (χ1n) is 4.85. The summed E-state index contributed by atoms with van der Waals surface area (Å²) in [7, 11) is 1.88. The largest absolute Gasteiger partial charge is 0.365 e. The summed E-state index contributed by atoms with van der Waals surface area (Å²) in [5.74, 6) is 1.34. The first-order valence-corrected chi connectivity index (χ1v) is 5.23. The standard InChI is InChI=1S/C10H12ClN5/c1-7-12-5-9(11)10(15-7)13-3-8-4-14-16(2)6-8/h4-6H,3H2,1-2H3,(H,12,13,15). The molecule has 0 radical (unpaired) electrons. The number of anilines is 1. The SMILES string of the molecule is Cc1ncc(Cl)c(NCc2cnn(C)c2)n1. The van der Waals surface area contributed by atoms with Gasteiger partial charge in [0.1, 0.15) is 16.7 Å². The number of nitrogens with zero attached hydrogens (tertiary/aromatic N) is 4. The Balaban J connectivity index is 2.07. The molecule has 2 aromatic heterocycles. The Labute approximate surface area is 98.5 Å². The van der Waals surface area contributed by atoms with E-state index in [1.165, 1.54) is 0 Å². The highest BCUT2D eigenvalue weighted by Gasteiger charge is 2.03. The highest BCUT2D eigenvalue weighted by molar-refractivity contribution is 6.32. The molecule has 0 aliphatic heterocycles. The highest BCUT2D eigenvalue weighted by Crippen LogP contribution is 2.18. The Bertz CT molecular complexity index is 494. The summed E-state index contributed by atoms with van der Waals surface area (Å²) < 4.78 is 1.75. The molecule has 2 aromatic rings. The molecule has 0 atom stereocenters. The zero-order chi connectivity index (χ0) is 11.5. The van der Waals surface area contributed by atoms with Crippen LogP contribution < -0.4 is 5.32 Å². The van der Waals surface area contributed by atoms with Crippen molar-refractivity contribution in [3.8, 4) is 0 Å². The molecule has 1 N–H and O–H groups in total. The van der Waals surface area contributed by atoms with Crippen LogP contribution in [0.1, 0.15) is 11.4 Å². The lowest BCUT2D eigenvalue weighted by molar-refractivity contribution is 0.767. The second kappa shape index (κ2) is 4.49. The van der Waals surface area contributed by atoms with Crippen molar-refractivity contribution < 1.29 is 0 Å². The van der Waals surface area contributed by atoms with Crippen LogP contribution in [0.15, 0.2) is 18.6 Å². The molecule has 16 heavy (non-hydrogen) atoms. The predicted octanol–water partition coefficient (Wildman–Crippen LogP) is 1.78. The van der Waals surface area contributed by atoms with E-state index in [2.05, 4.69) is 20.4 Å². The molecule has 2 heterocycles. The minimum atomic E-state index is 0.523. The van der Waals surface area contributed by atoms with E-state index in [1.807, 2.05) is 20.2 Å². The molecular weight excluding hydrogens is 226 g/mol. The highest BCUT2D eigenvalue weighted by atomic mass is 35.5. The molecular formula is C10H12ClN5. The Hall–Kier alpha value is -1.62. The molecule has 0 spiro atoms. The Morgan fingerprint density at radius 2 is 2.25 bits per heavy atom. The number of hydrogen-bond donors (Lipinski definition) is 1. The molecule has 0 aliphatic carbocycles. The van der Waals surface area contributed by atoms with Crippen molar-refractivity contribution in [1.29, 1.82) is 0 Å². The molecule has 5 nitrogen and oxygen atoms in total. The zero-order valence-corrected chi connectivity index (χ0v) is 9.86. The number of nitrogens with one attached hydrogen (secondary N) is 1. The van der Waals surface area contributed by atoms with E-state index in [0.717, 1.165) is 5.56 Å². The monoisotopic (exact) mass is 237 g/mol. The van der Waals surface area contributed by atoms with Crippen LogP contribution in [0.4, 0.5) is 5.82 Å². The van der Waals surface area contributed by atoms with E-state index in [4.69, 9.17) is 11.6 Å². The molecule has 0 aromatic carbocycles. The van der Waals surface area contributed by atoms with Gasteiger partial charge < -0.3 is 5.32 Å². The van der Waals surface area contributed by atoms with Gasteiger partial charge in [0.25, 0.3) is 0 Å².